The molecule has 1 aromatic carbocycles. The molecule has 1 amide bonds. The van der Waals surface area contributed by atoms with Crippen molar-refractivity contribution < 1.29 is 14.7 Å². The van der Waals surface area contributed by atoms with E-state index in [0.717, 1.165) is 0 Å². The van der Waals surface area contributed by atoms with Gasteiger partial charge in [0.05, 0.1) is 5.69 Å². The second-order valence-corrected chi connectivity index (χ2v) is 4.07. The van der Waals surface area contributed by atoms with Gasteiger partial charge in [0.15, 0.2) is 5.84 Å². The molecular formula is C14H14N4O3. The number of hydrogen-bond acceptors (Lipinski definition) is 5. The molecule has 7 heteroatoms. The first-order valence-corrected chi connectivity index (χ1v) is 6.10. The lowest BCUT2D eigenvalue weighted by atomic mass is 10.2. The zero-order chi connectivity index (χ0) is 15.1. The molecule has 21 heavy (non-hydrogen) atoms. The summed E-state index contributed by atoms with van der Waals surface area (Å²) < 4.78 is 5.38. The molecule has 0 aliphatic carbocycles. The zero-order valence-electron chi connectivity index (χ0n) is 11.1. The third-order valence-electron chi connectivity index (χ3n) is 2.58. The molecule has 0 saturated heterocycles. The summed E-state index contributed by atoms with van der Waals surface area (Å²) in [5.74, 6) is 0.0778. The van der Waals surface area contributed by atoms with E-state index in [-0.39, 0.29) is 18.3 Å². The Morgan fingerprint density at radius 1 is 1.29 bits per heavy atom. The Kier molecular flexibility index (Phi) is 4.70. The maximum absolute atomic E-state index is 12.1. The number of rotatable bonds is 5. The highest BCUT2D eigenvalue weighted by Gasteiger charge is 2.09. The number of amides is 1. The van der Waals surface area contributed by atoms with E-state index in [1.165, 1.54) is 12.4 Å². The lowest BCUT2D eigenvalue weighted by Gasteiger charge is -2.11. The van der Waals surface area contributed by atoms with Crippen molar-refractivity contribution in [2.75, 3.05) is 11.9 Å². The molecular weight excluding hydrogens is 272 g/mol. The highest BCUT2D eigenvalue weighted by molar-refractivity contribution is 6.04. The first kappa shape index (κ1) is 14.3. The fraction of sp³-hybridized carbons (Fsp3) is 0.0714. The van der Waals surface area contributed by atoms with Crippen LogP contribution in [-0.4, -0.2) is 28.5 Å². The molecule has 1 aromatic heterocycles. The predicted octanol–water partition coefficient (Wildman–Crippen LogP) is 1.46. The van der Waals surface area contributed by atoms with Crippen molar-refractivity contribution in [2.24, 2.45) is 10.9 Å². The van der Waals surface area contributed by atoms with Crippen LogP contribution in [0.5, 0.6) is 5.75 Å². The van der Waals surface area contributed by atoms with Gasteiger partial charge in [-0.2, -0.15) is 0 Å². The van der Waals surface area contributed by atoms with Gasteiger partial charge >= 0.3 is 0 Å². The minimum atomic E-state index is -0.280. The van der Waals surface area contributed by atoms with Crippen molar-refractivity contribution >= 4 is 17.4 Å². The lowest BCUT2D eigenvalue weighted by molar-refractivity contribution is 0.102. The molecule has 0 saturated carbocycles. The van der Waals surface area contributed by atoms with Crippen LogP contribution in [0.1, 0.15) is 10.4 Å². The SMILES string of the molecule is N/C(COc1ccccc1NC(=O)c1ccncc1)=N\O. The third kappa shape index (κ3) is 3.93. The fourth-order valence-electron chi connectivity index (χ4n) is 1.57. The number of carbonyl (C=O) groups is 1. The Morgan fingerprint density at radius 3 is 2.71 bits per heavy atom. The molecule has 0 spiro atoms. The maximum atomic E-state index is 12.1. The molecule has 0 aliphatic heterocycles. The van der Waals surface area contributed by atoms with Gasteiger partial charge in [0.2, 0.25) is 0 Å². The summed E-state index contributed by atoms with van der Waals surface area (Å²) in [5.41, 5.74) is 6.32. The average molecular weight is 286 g/mol. The summed E-state index contributed by atoms with van der Waals surface area (Å²) in [7, 11) is 0. The minimum Gasteiger partial charge on any atom is -0.483 e. The van der Waals surface area contributed by atoms with Crippen LogP contribution in [-0.2, 0) is 0 Å². The molecule has 0 atom stereocenters. The summed E-state index contributed by atoms with van der Waals surface area (Å²) in [6, 6.07) is 10.1. The summed E-state index contributed by atoms with van der Waals surface area (Å²) in [6.07, 6.45) is 3.07. The number of nitrogens with one attached hydrogen (secondary N) is 1. The summed E-state index contributed by atoms with van der Waals surface area (Å²) >= 11 is 0. The molecule has 4 N–H and O–H groups in total. The monoisotopic (exact) mass is 286 g/mol. The van der Waals surface area contributed by atoms with Crippen LogP contribution in [0.25, 0.3) is 0 Å². The Bertz CT molecular complexity index is 644. The number of amidine groups is 1. The number of anilines is 1. The van der Waals surface area contributed by atoms with Crippen LogP contribution >= 0.6 is 0 Å². The van der Waals surface area contributed by atoms with Gasteiger partial charge in [-0.1, -0.05) is 17.3 Å². The van der Waals surface area contributed by atoms with Crippen molar-refractivity contribution in [1.29, 1.82) is 0 Å². The summed E-state index contributed by atoms with van der Waals surface area (Å²) in [6.45, 7) is -0.0847. The quantitative estimate of drug-likeness (QED) is 0.333. The third-order valence-corrected chi connectivity index (χ3v) is 2.58. The minimum absolute atomic E-state index is 0.0646. The molecule has 0 fully saturated rings. The number of pyridine rings is 1. The molecule has 7 nitrogen and oxygen atoms in total. The van der Waals surface area contributed by atoms with E-state index >= 15 is 0 Å². The number of oxime groups is 1. The van der Waals surface area contributed by atoms with Crippen LogP contribution < -0.4 is 15.8 Å². The number of nitrogens with two attached hydrogens (primary N) is 1. The molecule has 0 bridgehead atoms. The number of benzene rings is 1. The number of aromatic nitrogens is 1. The molecule has 2 aromatic rings. The van der Waals surface area contributed by atoms with E-state index in [4.69, 9.17) is 15.7 Å². The van der Waals surface area contributed by atoms with Crippen LogP contribution in [0.4, 0.5) is 5.69 Å². The Balaban J connectivity index is 2.11. The Hall–Kier alpha value is -3.09. The molecule has 108 valence electrons. The van der Waals surface area contributed by atoms with E-state index < -0.39 is 0 Å². The van der Waals surface area contributed by atoms with E-state index in [0.29, 0.717) is 17.0 Å². The molecule has 1 heterocycles. The number of carbonyl (C=O) groups excluding carboxylic acids is 1. The second kappa shape index (κ2) is 6.90. The average Bonchev–Trinajstić information content (AvgIpc) is 2.54. The predicted molar refractivity (Wildman–Crippen MR) is 77.5 cm³/mol. The smallest absolute Gasteiger partial charge is 0.255 e. The maximum Gasteiger partial charge on any atom is 0.255 e. The number of ether oxygens (including phenoxy) is 1. The van der Waals surface area contributed by atoms with Gasteiger partial charge < -0.3 is 21.0 Å². The fourth-order valence-corrected chi connectivity index (χ4v) is 1.57. The van der Waals surface area contributed by atoms with Gasteiger partial charge in [-0.15, -0.1) is 0 Å². The van der Waals surface area contributed by atoms with Gasteiger partial charge in [-0.25, -0.2) is 0 Å². The van der Waals surface area contributed by atoms with E-state index in [1.54, 1.807) is 36.4 Å². The summed E-state index contributed by atoms with van der Waals surface area (Å²) in [4.78, 5) is 15.9. The van der Waals surface area contributed by atoms with Crippen LogP contribution in [0.3, 0.4) is 0 Å². The van der Waals surface area contributed by atoms with Gasteiger partial charge in [0.1, 0.15) is 12.4 Å². The standard InChI is InChI=1S/C14H14N4O3/c15-13(18-20)9-21-12-4-2-1-3-11(12)17-14(19)10-5-7-16-8-6-10/h1-8,20H,9H2,(H2,15,18)(H,17,19). The number of hydrogen-bond donors (Lipinski definition) is 3. The Labute approximate surface area is 121 Å². The molecule has 2 rings (SSSR count). The van der Waals surface area contributed by atoms with Crippen molar-refractivity contribution in [3.63, 3.8) is 0 Å². The van der Waals surface area contributed by atoms with Gasteiger partial charge in [-0.3, -0.25) is 9.78 Å². The normalized spacial score (nSPS) is 11.0. The van der Waals surface area contributed by atoms with Crippen molar-refractivity contribution in [3.05, 3.63) is 54.4 Å². The summed E-state index contributed by atoms with van der Waals surface area (Å²) in [5, 5.41) is 14.0. The largest absolute Gasteiger partial charge is 0.483 e. The van der Waals surface area contributed by atoms with Crippen LogP contribution in [0, 0.1) is 0 Å². The van der Waals surface area contributed by atoms with E-state index in [1.807, 2.05) is 0 Å². The second-order valence-electron chi connectivity index (χ2n) is 4.07. The highest BCUT2D eigenvalue weighted by atomic mass is 16.5. The van der Waals surface area contributed by atoms with Gasteiger partial charge in [-0.05, 0) is 24.3 Å². The molecule has 0 unspecified atom stereocenters. The first-order chi connectivity index (χ1) is 10.2. The van der Waals surface area contributed by atoms with Crippen molar-refractivity contribution in [1.82, 2.24) is 4.98 Å². The number of para-hydroxylation sites is 2. The van der Waals surface area contributed by atoms with Gasteiger partial charge in [0.25, 0.3) is 5.91 Å². The van der Waals surface area contributed by atoms with Crippen LogP contribution in [0.2, 0.25) is 0 Å². The van der Waals surface area contributed by atoms with Crippen molar-refractivity contribution in [3.8, 4) is 5.75 Å². The topological polar surface area (TPSA) is 110 Å². The van der Waals surface area contributed by atoms with E-state index in [2.05, 4.69) is 15.5 Å². The molecule has 0 radical (unpaired) electrons. The highest BCUT2D eigenvalue weighted by Crippen LogP contribution is 2.24. The molecule has 0 aliphatic rings. The Morgan fingerprint density at radius 2 is 2.00 bits per heavy atom. The number of nitrogens with zero attached hydrogens (tertiary/aromatic N) is 2. The van der Waals surface area contributed by atoms with Crippen molar-refractivity contribution in [2.45, 2.75) is 0 Å². The first-order valence-electron chi connectivity index (χ1n) is 6.10. The zero-order valence-corrected chi connectivity index (χ0v) is 11.1. The van der Waals surface area contributed by atoms with E-state index in [9.17, 15) is 4.79 Å². The van der Waals surface area contributed by atoms with Gasteiger partial charge in [0, 0.05) is 18.0 Å². The van der Waals surface area contributed by atoms with Crippen LogP contribution in [0.15, 0.2) is 53.9 Å². The lowest BCUT2D eigenvalue weighted by Crippen LogP contribution is -2.21.